The number of aromatic hydroxyl groups is 2. The normalized spacial score (nSPS) is 11.4. The number of carboxylic acid groups (broad SMARTS) is 1. The minimum absolute atomic E-state index is 0.101. The van der Waals surface area contributed by atoms with Gasteiger partial charge in [-0.3, -0.25) is 10.2 Å². The van der Waals surface area contributed by atoms with Gasteiger partial charge in [-0.25, -0.2) is 13.2 Å². The van der Waals surface area contributed by atoms with Gasteiger partial charge in [0.15, 0.2) is 11.5 Å². The Morgan fingerprint density at radius 1 is 1.13 bits per heavy atom. The molecule has 2 aromatic carbocycles. The van der Waals surface area contributed by atoms with Gasteiger partial charge in [-0.15, -0.1) is 4.83 Å². The van der Waals surface area contributed by atoms with Crippen molar-refractivity contribution in [3.05, 3.63) is 53.1 Å². The Bertz CT molecular complexity index is 1180. The number of phenols is 2. The molecule has 156 valence electrons. The van der Waals surface area contributed by atoms with Gasteiger partial charge in [0, 0.05) is 0 Å². The molecule has 2 aromatic rings. The van der Waals surface area contributed by atoms with Crippen LogP contribution in [-0.2, 0) is 14.8 Å². The number of amides is 1. The zero-order valence-corrected chi connectivity index (χ0v) is 16.1. The summed E-state index contributed by atoms with van der Waals surface area (Å²) in [5.41, 5.74) is 1.04. The summed E-state index contributed by atoms with van der Waals surface area (Å²) in [6, 6.07) is 8.16. The highest BCUT2D eigenvalue weighted by molar-refractivity contribution is 7.89. The second-order valence-corrected chi connectivity index (χ2v) is 7.33. The van der Waals surface area contributed by atoms with Crippen LogP contribution in [0, 0.1) is 11.3 Å². The first kappa shape index (κ1) is 22.2. The number of nitrogens with zero attached hydrogens (tertiary/aromatic N) is 1. The van der Waals surface area contributed by atoms with E-state index in [1.807, 2.05) is 5.43 Å². The Balaban J connectivity index is 2.21. The lowest BCUT2D eigenvalue weighted by atomic mass is 10.1. The third-order valence-corrected chi connectivity index (χ3v) is 4.93. The number of carbonyl (C=O) groups is 2. The van der Waals surface area contributed by atoms with Gasteiger partial charge in [0.2, 0.25) is 0 Å². The van der Waals surface area contributed by atoms with Gasteiger partial charge in [-0.1, -0.05) is 6.07 Å². The minimum Gasteiger partial charge on any atom is -0.507 e. The van der Waals surface area contributed by atoms with Crippen LogP contribution >= 0.6 is 0 Å². The molecule has 0 saturated heterocycles. The molecular weight excluding hydrogens is 418 g/mol. The maximum Gasteiger partial charge on any atom is 0.339 e. The van der Waals surface area contributed by atoms with Gasteiger partial charge >= 0.3 is 5.97 Å². The Morgan fingerprint density at radius 3 is 2.40 bits per heavy atom. The van der Waals surface area contributed by atoms with Crippen LogP contribution in [0.15, 0.2) is 46.9 Å². The van der Waals surface area contributed by atoms with Gasteiger partial charge < -0.3 is 20.1 Å². The second-order valence-electron chi connectivity index (χ2n) is 5.64. The molecule has 5 N–H and O–H groups in total. The topological polar surface area (TPSA) is 186 Å². The van der Waals surface area contributed by atoms with E-state index >= 15 is 0 Å². The van der Waals surface area contributed by atoms with Crippen molar-refractivity contribution in [1.29, 1.82) is 5.26 Å². The highest BCUT2D eigenvalue weighted by Gasteiger charge is 2.20. The molecular formula is C18H15N3O8S. The molecule has 0 spiro atoms. The smallest absolute Gasteiger partial charge is 0.339 e. The molecule has 0 fully saturated rings. The van der Waals surface area contributed by atoms with Crippen LogP contribution in [0.25, 0.3) is 6.08 Å². The Labute approximate surface area is 170 Å². The maximum absolute atomic E-state index is 12.3. The molecule has 12 heteroatoms. The number of nitrogens with one attached hydrogen (secondary N) is 2. The predicted molar refractivity (Wildman–Crippen MR) is 102 cm³/mol. The highest BCUT2D eigenvalue weighted by Crippen LogP contribution is 2.27. The number of rotatable bonds is 7. The minimum atomic E-state index is -4.41. The molecule has 0 aromatic heterocycles. The van der Waals surface area contributed by atoms with E-state index in [1.54, 1.807) is 10.9 Å². The SMILES string of the molecule is COc1cc(C=C(C#N)C(=O)NNS(=O)(=O)c2ccc(O)c(C(=O)O)c2)ccc1O. The van der Waals surface area contributed by atoms with Crippen molar-refractivity contribution in [2.24, 2.45) is 0 Å². The second kappa shape index (κ2) is 8.95. The van der Waals surface area contributed by atoms with Crippen molar-refractivity contribution in [1.82, 2.24) is 10.3 Å². The van der Waals surface area contributed by atoms with Gasteiger partial charge in [0.25, 0.3) is 15.9 Å². The van der Waals surface area contributed by atoms with E-state index < -0.39 is 43.7 Å². The molecule has 1 amide bonds. The highest BCUT2D eigenvalue weighted by atomic mass is 32.2. The number of aromatic carboxylic acids is 1. The molecule has 0 aliphatic carbocycles. The Hall–Kier alpha value is -4.08. The molecule has 0 radical (unpaired) electrons. The van der Waals surface area contributed by atoms with Crippen molar-refractivity contribution in [3.8, 4) is 23.3 Å². The molecule has 0 bridgehead atoms. The number of hydrogen-bond donors (Lipinski definition) is 5. The van der Waals surface area contributed by atoms with E-state index in [9.17, 15) is 33.5 Å². The summed E-state index contributed by atoms with van der Waals surface area (Å²) >= 11 is 0. The lowest BCUT2D eigenvalue weighted by molar-refractivity contribution is -0.117. The fourth-order valence-corrected chi connectivity index (χ4v) is 3.06. The van der Waals surface area contributed by atoms with Crippen molar-refractivity contribution in [3.63, 3.8) is 0 Å². The van der Waals surface area contributed by atoms with E-state index in [-0.39, 0.29) is 11.5 Å². The molecule has 0 aliphatic rings. The fraction of sp³-hybridized carbons (Fsp3) is 0.0556. The average Bonchev–Trinajstić information content (AvgIpc) is 2.71. The largest absolute Gasteiger partial charge is 0.507 e. The summed E-state index contributed by atoms with van der Waals surface area (Å²) in [5.74, 6) is -3.33. The molecule has 0 heterocycles. The number of phenolic OH excluding ortho intramolecular Hbond substituents is 1. The van der Waals surface area contributed by atoms with Crippen molar-refractivity contribution >= 4 is 28.0 Å². The van der Waals surface area contributed by atoms with Crippen molar-refractivity contribution < 1.29 is 38.1 Å². The van der Waals surface area contributed by atoms with Crippen molar-refractivity contribution in [2.45, 2.75) is 4.90 Å². The Kier molecular flexibility index (Phi) is 6.62. The molecule has 0 unspecified atom stereocenters. The van der Waals surface area contributed by atoms with Crippen LogP contribution in [0.3, 0.4) is 0 Å². The van der Waals surface area contributed by atoms with Gasteiger partial charge in [0.05, 0.1) is 12.0 Å². The first-order valence-electron chi connectivity index (χ1n) is 7.96. The summed E-state index contributed by atoms with van der Waals surface area (Å²) < 4.78 is 29.5. The van der Waals surface area contributed by atoms with Crippen LogP contribution in [0.2, 0.25) is 0 Å². The Morgan fingerprint density at radius 2 is 1.80 bits per heavy atom. The molecule has 30 heavy (non-hydrogen) atoms. The summed E-state index contributed by atoms with van der Waals surface area (Å²) in [5, 5.41) is 37.2. The van der Waals surface area contributed by atoms with E-state index in [0.717, 1.165) is 18.2 Å². The van der Waals surface area contributed by atoms with Crippen LogP contribution in [0.1, 0.15) is 15.9 Å². The molecule has 2 rings (SSSR count). The average molecular weight is 433 g/mol. The van der Waals surface area contributed by atoms with Crippen LogP contribution in [0.4, 0.5) is 0 Å². The monoisotopic (exact) mass is 433 g/mol. The lowest BCUT2D eigenvalue weighted by Gasteiger charge is -2.09. The number of carboxylic acids is 1. The number of ether oxygens (including phenoxy) is 1. The molecule has 0 aliphatic heterocycles. The van der Waals surface area contributed by atoms with Gasteiger partial charge in [0.1, 0.15) is 23.0 Å². The van der Waals surface area contributed by atoms with E-state index in [2.05, 4.69) is 0 Å². The zero-order chi connectivity index (χ0) is 22.5. The summed E-state index contributed by atoms with van der Waals surface area (Å²) in [4.78, 5) is 24.4. The quantitative estimate of drug-likeness (QED) is 0.238. The summed E-state index contributed by atoms with van der Waals surface area (Å²) in [6.07, 6.45) is 1.13. The number of carbonyl (C=O) groups excluding carboxylic acids is 1. The number of hydrogen-bond acceptors (Lipinski definition) is 8. The molecule has 0 atom stereocenters. The third kappa shape index (κ3) is 5.04. The molecule has 11 nitrogen and oxygen atoms in total. The van der Waals surface area contributed by atoms with E-state index in [0.29, 0.717) is 11.6 Å². The standard InChI is InChI=1S/C18H15N3O8S/c1-29-16-7-10(2-4-15(16)23)6-11(9-19)17(24)20-21-30(27,28)12-3-5-14(22)13(8-12)18(25)26/h2-8,21-23H,1H3,(H,20,24)(H,25,26). The number of nitriles is 1. The maximum atomic E-state index is 12.3. The summed E-state index contributed by atoms with van der Waals surface area (Å²) in [7, 11) is -3.09. The van der Waals surface area contributed by atoms with Crippen molar-refractivity contribution in [2.75, 3.05) is 7.11 Å². The fourth-order valence-electron chi connectivity index (χ4n) is 2.19. The predicted octanol–water partition coefficient (Wildman–Crippen LogP) is 0.721. The number of hydrazine groups is 1. The van der Waals surface area contributed by atoms with Gasteiger partial charge in [-0.05, 0) is 42.0 Å². The van der Waals surface area contributed by atoms with Crippen LogP contribution in [-0.4, -0.2) is 42.7 Å². The number of sulfonamides is 1. The first-order valence-corrected chi connectivity index (χ1v) is 9.44. The molecule has 0 saturated carbocycles. The van der Waals surface area contributed by atoms with E-state index in [4.69, 9.17) is 9.84 Å². The number of methoxy groups -OCH3 is 1. The van der Waals surface area contributed by atoms with E-state index in [1.165, 1.54) is 25.3 Å². The van der Waals surface area contributed by atoms with Crippen LogP contribution in [0.5, 0.6) is 17.2 Å². The third-order valence-electron chi connectivity index (χ3n) is 3.69. The first-order chi connectivity index (χ1) is 14.1. The number of benzene rings is 2. The lowest BCUT2D eigenvalue weighted by Crippen LogP contribution is -2.42. The van der Waals surface area contributed by atoms with Crippen LogP contribution < -0.4 is 15.0 Å². The zero-order valence-electron chi connectivity index (χ0n) is 15.3. The van der Waals surface area contributed by atoms with Gasteiger partial charge in [-0.2, -0.15) is 5.26 Å². The summed E-state index contributed by atoms with van der Waals surface area (Å²) in [6.45, 7) is 0.